The van der Waals surface area contributed by atoms with Crippen LogP contribution < -0.4 is 4.74 Å². The van der Waals surface area contributed by atoms with E-state index in [2.05, 4.69) is 0 Å². The minimum Gasteiger partial charge on any atom is -0.485 e. The van der Waals surface area contributed by atoms with Gasteiger partial charge in [0.2, 0.25) is 0 Å². The summed E-state index contributed by atoms with van der Waals surface area (Å²) in [4.78, 5) is 0. The van der Waals surface area contributed by atoms with Crippen molar-refractivity contribution in [3.05, 3.63) is 64.7 Å². The lowest BCUT2D eigenvalue weighted by molar-refractivity contribution is 0.0657. The molecule has 0 fully saturated rings. The van der Waals surface area contributed by atoms with Gasteiger partial charge in [0.05, 0.1) is 6.10 Å². The van der Waals surface area contributed by atoms with Crippen LogP contribution in [0.4, 0.5) is 0 Å². The lowest BCUT2D eigenvalue weighted by atomic mass is 9.95. The van der Waals surface area contributed by atoms with Crippen LogP contribution >= 0.6 is 11.6 Å². The van der Waals surface area contributed by atoms with Crippen LogP contribution in [-0.4, -0.2) is 5.11 Å². The number of aliphatic hydroxyl groups is 1. The molecule has 92 valence electrons. The number of ether oxygens (including phenoxy) is 1. The molecule has 3 rings (SSSR count). The molecule has 0 aromatic heterocycles. The van der Waals surface area contributed by atoms with Crippen molar-refractivity contribution in [1.29, 1.82) is 0 Å². The van der Waals surface area contributed by atoms with E-state index in [1.807, 2.05) is 48.5 Å². The quantitative estimate of drug-likeness (QED) is 0.843. The summed E-state index contributed by atoms with van der Waals surface area (Å²) in [6, 6.07) is 15.2. The third kappa shape index (κ3) is 2.09. The summed E-state index contributed by atoms with van der Waals surface area (Å²) in [6.45, 7) is 0. The van der Waals surface area contributed by atoms with Crippen molar-refractivity contribution in [2.24, 2.45) is 0 Å². The smallest absolute Gasteiger partial charge is 0.127 e. The van der Waals surface area contributed by atoms with Gasteiger partial charge in [0.1, 0.15) is 11.9 Å². The fourth-order valence-electron chi connectivity index (χ4n) is 2.28. The Morgan fingerprint density at radius 3 is 2.56 bits per heavy atom. The van der Waals surface area contributed by atoms with E-state index >= 15 is 0 Å². The normalized spacial score (nSPS) is 22.1. The average Bonchev–Trinajstić information content (AvgIpc) is 2.39. The second-order valence-corrected chi connectivity index (χ2v) is 4.88. The minimum atomic E-state index is -0.476. The topological polar surface area (TPSA) is 29.5 Å². The monoisotopic (exact) mass is 260 g/mol. The number of aliphatic hydroxyl groups excluding tert-OH is 1. The molecule has 0 spiro atoms. The largest absolute Gasteiger partial charge is 0.485 e. The molecular weight excluding hydrogens is 248 g/mol. The van der Waals surface area contributed by atoms with Gasteiger partial charge in [-0.2, -0.15) is 0 Å². The molecular formula is C15H13ClO2. The molecule has 0 bridgehead atoms. The number of hydrogen-bond donors (Lipinski definition) is 1. The van der Waals surface area contributed by atoms with Gasteiger partial charge >= 0.3 is 0 Å². The summed E-state index contributed by atoms with van der Waals surface area (Å²) in [7, 11) is 0. The highest BCUT2D eigenvalue weighted by Crippen LogP contribution is 2.40. The van der Waals surface area contributed by atoms with Gasteiger partial charge in [-0.3, -0.25) is 0 Å². The number of halogens is 1. The summed E-state index contributed by atoms with van der Waals surface area (Å²) in [5.74, 6) is 0.760. The maximum Gasteiger partial charge on any atom is 0.127 e. The fraction of sp³-hybridized carbons (Fsp3) is 0.200. The third-order valence-electron chi connectivity index (χ3n) is 3.23. The number of rotatable bonds is 1. The molecule has 0 saturated carbocycles. The van der Waals surface area contributed by atoms with Crippen LogP contribution in [0.25, 0.3) is 0 Å². The Kier molecular flexibility index (Phi) is 2.98. The molecule has 2 aromatic rings. The van der Waals surface area contributed by atoms with E-state index in [-0.39, 0.29) is 6.10 Å². The lowest BCUT2D eigenvalue weighted by Crippen LogP contribution is -2.18. The third-order valence-corrected chi connectivity index (χ3v) is 3.48. The Morgan fingerprint density at radius 2 is 1.78 bits per heavy atom. The van der Waals surface area contributed by atoms with Crippen LogP contribution in [0, 0.1) is 0 Å². The molecule has 1 aliphatic heterocycles. The summed E-state index contributed by atoms with van der Waals surface area (Å²) in [6.07, 6.45) is -0.0265. The van der Waals surface area contributed by atoms with Crippen LogP contribution in [0.1, 0.15) is 29.8 Å². The van der Waals surface area contributed by atoms with Crippen LogP contribution in [0.5, 0.6) is 5.75 Å². The van der Waals surface area contributed by atoms with Gasteiger partial charge in [0.15, 0.2) is 0 Å². The highest BCUT2D eigenvalue weighted by Gasteiger charge is 2.27. The Labute approximate surface area is 111 Å². The van der Waals surface area contributed by atoms with Crippen molar-refractivity contribution in [2.75, 3.05) is 0 Å². The van der Waals surface area contributed by atoms with E-state index in [1.165, 1.54) is 0 Å². The molecule has 3 heteroatoms. The Morgan fingerprint density at radius 1 is 1.06 bits per heavy atom. The number of hydrogen-bond acceptors (Lipinski definition) is 2. The molecule has 18 heavy (non-hydrogen) atoms. The highest BCUT2D eigenvalue weighted by molar-refractivity contribution is 6.30. The Hall–Kier alpha value is -1.51. The van der Waals surface area contributed by atoms with Gasteiger partial charge < -0.3 is 9.84 Å². The van der Waals surface area contributed by atoms with Gasteiger partial charge in [0, 0.05) is 17.0 Å². The summed E-state index contributed by atoms with van der Waals surface area (Å²) >= 11 is 5.87. The van der Waals surface area contributed by atoms with Crippen molar-refractivity contribution in [3.8, 4) is 5.75 Å². The SMILES string of the molecule is OC1CC(c2ccc(Cl)cc2)Oc2ccccc21. The molecule has 2 aromatic carbocycles. The van der Waals surface area contributed by atoms with Gasteiger partial charge in [-0.15, -0.1) is 0 Å². The summed E-state index contributed by atoms with van der Waals surface area (Å²) < 4.78 is 5.93. The van der Waals surface area contributed by atoms with Crippen molar-refractivity contribution < 1.29 is 9.84 Å². The molecule has 2 atom stereocenters. The second-order valence-electron chi connectivity index (χ2n) is 4.45. The summed E-state index contributed by atoms with van der Waals surface area (Å²) in [5.41, 5.74) is 1.90. The Bertz CT molecular complexity index is 551. The average molecular weight is 261 g/mol. The zero-order valence-corrected chi connectivity index (χ0v) is 10.5. The summed E-state index contributed by atoms with van der Waals surface area (Å²) in [5, 5.41) is 10.8. The van der Waals surface area contributed by atoms with Gasteiger partial charge in [-0.25, -0.2) is 0 Å². The van der Waals surface area contributed by atoms with Gasteiger partial charge in [-0.05, 0) is 23.8 Å². The van der Waals surface area contributed by atoms with Crippen molar-refractivity contribution in [3.63, 3.8) is 0 Å². The van der Waals surface area contributed by atoms with E-state index in [9.17, 15) is 5.11 Å². The molecule has 2 unspecified atom stereocenters. The highest BCUT2D eigenvalue weighted by atomic mass is 35.5. The second kappa shape index (κ2) is 4.63. The zero-order valence-electron chi connectivity index (χ0n) is 9.71. The van der Waals surface area contributed by atoms with Crippen LogP contribution in [0.2, 0.25) is 5.02 Å². The van der Waals surface area contributed by atoms with Gasteiger partial charge in [0.25, 0.3) is 0 Å². The first-order valence-corrected chi connectivity index (χ1v) is 6.31. The standard InChI is InChI=1S/C15H13ClO2/c16-11-7-5-10(6-8-11)15-9-13(17)12-3-1-2-4-14(12)18-15/h1-8,13,15,17H,9H2. The van der Waals surface area contributed by atoms with E-state index in [1.54, 1.807) is 0 Å². The molecule has 0 saturated heterocycles. The maximum absolute atomic E-state index is 10.1. The van der Waals surface area contributed by atoms with E-state index in [0.29, 0.717) is 11.4 Å². The molecule has 0 amide bonds. The first-order chi connectivity index (χ1) is 8.74. The molecule has 2 nitrogen and oxygen atoms in total. The number of benzene rings is 2. The Balaban J connectivity index is 1.92. The van der Waals surface area contributed by atoms with Crippen molar-refractivity contribution in [1.82, 2.24) is 0 Å². The molecule has 1 N–H and O–H groups in total. The fourth-order valence-corrected chi connectivity index (χ4v) is 2.40. The van der Waals surface area contributed by atoms with Crippen molar-refractivity contribution in [2.45, 2.75) is 18.6 Å². The first kappa shape index (κ1) is 11.6. The first-order valence-electron chi connectivity index (χ1n) is 5.93. The maximum atomic E-state index is 10.1. The zero-order chi connectivity index (χ0) is 12.5. The van der Waals surface area contributed by atoms with Crippen LogP contribution in [0.15, 0.2) is 48.5 Å². The number of para-hydroxylation sites is 1. The van der Waals surface area contributed by atoms with E-state index in [4.69, 9.17) is 16.3 Å². The predicted molar refractivity (Wildman–Crippen MR) is 70.8 cm³/mol. The molecule has 0 aliphatic carbocycles. The number of fused-ring (bicyclic) bond motifs is 1. The molecule has 1 aliphatic rings. The van der Waals surface area contributed by atoms with Crippen molar-refractivity contribution >= 4 is 11.6 Å². The molecule has 0 radical (unpaired) electrons. The minimum absolute atomic E-state index is 0.118. The van der Waals surface area contributed by atoms with E-state index in [0.717, 1.165) is 16.9 Å². The van der Waals surface area contributed by atoms with Crippen LogP contribution in [-0.2, 0) is 0 Å². The lowest BCUT2D eigenvalue weighted by Gasteiger charge is -2.29. The van der Waals surface area contributed by atoms with Crippen LogP contribution in [0.3, 0.4) is 0 Å². The molecule has 1 heterocycles. The predicted octanol–water partition coefficient (Wildman–Crippen LogP) is 3.90. The van der Waals surface area contributed by atoms with E-state index < -0.39 is 6.10 Å². The van der Waals surface area contributed by atoms with Gasteiger partial charge in [-0.1, -0.05) is 41.9 Å².